The maximum atomic E-state index is 11.5. The molecule has 2 rings (SSSR count). The molecule has 0 radical (unpaired) electrons. The molecule has 0 amide bonds. The molecule has 0 saturated heterocycles. The van der Waals surface area contributed by atoms with Crippen LogP contribution in [0.25, 0.3) is 0 Å². The van der Waals surface area contributed by atoms with Gasteiger partial charge < -0.3 is 0 Å². The van der Waals surface area contributed by atoms with E-state index in [4.69, 9.17) is 0 Å². The fraction of sp³-hybridized carbons (Fsp3) is 0.364. The second-order valence-corrected chi connectivity index (χ2v) is 6.39. The number of rotatable bonds is 7. The average molecular weight is 322 g/mol. The first-order chi connectivity index (χ1) is 11.5. The summed E-state index contributed by atoms with van der Waals surface area (Å²) in [5, 5.41) is 0. The summed E-state index contributed by atoms with van der Waals surface area (Å²) in [7, 11) is 0. The molecule has 0 aliphatic heterocycles. The van der Waals surface area contributed by atoms with Crippen molar-refractivity contribution < 1.29 is 9.59 Å². The smallest absolute Gasteiger partial charge is 0.159 e. The van der Waals surface area contributed by atoms with Crippen LogP contribution in [-0.4, -0.2) is 11.6 Å². The largest absolute Gasteiger partial charge is 0.295 e. The van der Waals surface area contributed by atoms with E-state index in [2.05, 4.69) is 38.1 Å². The summed E-state index contributed by atoms with van der Waals surface area (Å²) in [6.07, 6.45) is 2.07. The Kier molecular flexibility index (Phi) is 6.08. The Morgan fingerprint density at radius 3 is 1.17 bits per heavy atom. The van der Waals surface area contributed by atoms with Crippen molar-refractivity contribution in [2.75, 3.05) is 0 Å². The van der Waals surface area contributed by atoms with Gasteiger partial charge in [0.2, 0.25) is 0 Å². The molecule has 24 heavy (non-hydrogen) atoms. The summed E-state index contributed by atoms with van der Waals surface area (Å²) in [5.74, 6) is 1.00. The minimum atomic E-state index is 0.0986. The highest BCUT2D eigenvalue weighted by Gasteiger charge is 2.22. The number of Topliss-reactive ketones (excluding diaryl/α,β-unsaturated/α-hetero) is 2. The van der Waals surface area contributed by atoms with Gasteiger partial charge in [-0.15, -0.1) is 0 Å². The standard InChI is InChI=1S/C22H26O2/c1-5-21(19-11-7-17(8-12-19)15(3)23)22(6-2)20-13-9-18(10-14-20)16(4)24/h7-14,21-22H,5-6H2,1-4H3/t21-,22+. The van der Waals surface area contributed by atoms with Crippen LogP contribution in [0.3, 0.4) is 0 Å². The molecule has 0 spiro atoms. The summed E-state index contributed by atoms with van der Waals surface area (Å²) >= 11 is 0. The molecule has 0 saturated carbocycles. The molecule has 0 aliphatic rings. The Labute approximate surface area is 144 Å². The Hall–Kier alpha value is -2.22. The van der Waals surface area contributed by atoms with Gasteiger partial charge in [-0.3, -0.25) is 9.59 Å². The molecule has 0 aromatic heterocycles. The lowest BCUT2D eigenvalue weighted by molar-refractivity contribution is 0.100. The van der Waals surface area contributed by atoms with E-state index in [1.165, 1.54) is 11.1 Å². The molecule has 2 nitrogen and oxygen atoms in total. The van der Waals surface area contributed by atoms with Crippen molar-refractivity contribution in [2.24, 2.45) is 0 Å². The summed E-state index contributed by atoms with van der Waals surface area (Å²) in [6, 6.07) is 16.0. The molecule has 0 heterocycles. The van der Waals surface area contributed by atoms with Gasteiger partial charge in [0.25, 0.3) is 0 Å². The van der Waals surface area contributed by atoms with Crippen molar-refractivity contribution in [2.45, 2.75) is 52.4 Å². The first kappa shape index (κ1) is 18.1. The lowest BCUT2D eigenvalue weighted by Crippen LogP contribution is -2.11. The Morgan fingerprint density at radius 1 is 0.667 bits per heavy atom. The number of hydrogen-bond donors (Lipinski definition) is 0. The second-order valence-electron chi connectivity index (χ2n) is 6.39. The van der Waals surface area contributed by atoms with Crippen LogP contribution in [-0.2, 0) is 0 Å². The van der Waals surface area contributed by atoms with Crippen LogP contribution in [0, 0.1) is 0 Å². The van der Waals surface area contributed by atoms with Gasteiger partial charge in [-0.1, -0.05) is 62.4 Å². The van der Waals surface area contributed by atoms with Crippen LogP contribution in [0.4, 0.5) is 0 Å². The molecule has 0 unspecified atom stereocenters. The van der Waals surface area contributed by atoms with Crippen LogP contribution in [0.15, 0.2) is 48.5 Å². The van der Waals surface area contributed by atoms with Gasteiger partial charge in [-0.2, -0.15) is 0 Å². The zero-order chi connectivity index (χ0) is 17.7. The average Bonchev–Trinajstić information content (AvgIpc) is 2.59. The first-order valence-corrected chi connectivity index (χ1v) is 8.69. The van der Waals surface area contributed by atoms with Gasteiger partial charge in [0.05, 0.1) is 0 Å². The summed E-state index contributed by atoms with van der Waals surface area (Å²) in [5.41, 5.74) is 4.05. The minimum Gasteiger partial charge on any atom is -0.295 e. The highest BCUT2D eigenvalue weighted by atomic mass is 16.1. The molecule has 2 aromatic carbocycles. The molecule has 0 bridgehead atoms. The first-order valence-electron chi connectivity index (χ1n) is 8.69. The van der Waals surface area contributed by atoms with E-state index in [1.54, 1.807) is 13.8 Å². The second kappa shape index (κ2) is 8.05. The van der Waals surface area contributed by atoms with Crippen molar-refractivity contribution in [1.29, 1.82) is 0 Å². The molecular weight excluding hydrogens is 296 g/mol. The number of benzene rings is 2. The summed E-state index contributed by atoms with van der Waals surface area (Å²) in [6.45, 7) is 7.60. The van der Waals surface area contributed by atoms with E-state index in [0.717, 1.165) is 24.0 Å². The van der Waals surface area contributed by atoms with Gasteiger partial charge in [-0.25, -0.2) is 0 Å². The van der Waals surface area contributed by atoms with Crippen molar-refractivity contribution in [3.63, 3.8) is 0 Å². The van der Waals surface area contributed by atoms with Crippen LogP contribution in [0.1, 0.15) is 84.2 Å². The molecule has 0 aliphatic carbocycles. The highest BCUT2D eigenvalue weighted by molar-refractivity contribution is 5.94. The third kappa shape index (κ3) is 4.00. The maximum absolute atomic E-state index is 11.5. The van der Waals surface area contributed by atoms with Gasteiger partial charge in [-0.05, 0) is 49.7 Å². The van der Waals surface area contributed by atoms with E-state index in [-0.39, 0.29) is 11.6 Å². The normalized spacial score (nSPS) is 13.3. The maximum Gasteiger partial charge on any atom is 0.159 e. The van der Waals surface area contributed by atoms with Crippen LogP contribution in [0.5, 0.6) is 0 Å². The minimum absolute atomic E-state index is 0.0986. The summed E-state index contributed by atoms with van der Waals surface area (Å²) < 4.78 is 0. The zero-order valence-electron chi connectivity index (χ0n) is 15.0. The predicted octanol–water partition coefficient (Wildman–Crippen LogP) is 5.78. The predicted molar refractivity (Wildman–Crippen MR) is 99.0 cm³/mol. The van der Waals surface area contributed by atoms with Crippen molar-refractivity contribution in [1.82, 2.24) is 0 Å². The molecule has 0 N–H and O–H groups in total. The Bertz CT molecular complexity index is 632. The van der Waals surface area contributed by atoms with Crippen molar-refractivity contribution >= 4 is 11.6 Å². The van der Waals surface area contributed by atoms with Gasteiger partial charge in [0.15, 0.2) is 11.6 Å². The topological polar surface area (TPSA) is 34.1 Å². The molecule has 126 valence electrons. The van der Waals surface area contributed by atoms with E-state index >= 15 is 0 Å². The summed E-state index contributed by atoms with van der Waals surface area (Å²) in [4.78, 5) is 22.9. The molecule has 2 aromatic rings. The van der Waals surface area contributed by atoms with Crippen molar-refractivity contribution in [3.05, 3.63) is 70.8 Å². The van der Waals surface area contributed by atoms with Crippen LogP contribution < -0.4 is 0 Å². The molecule has 2 heteroatoms. The Morgan fingerprint density at radius 2 is 0.958 bits per heavy atom. The van der Waals surface area contributed by atoms with E-state index in [1.807, 2.05) is 24.3 Å². The number of ketones is 2. The Balaban J connectivity index is 2.31. The number of carbonyl (C=O) groups excluding carboxylic acids is 2. The van der Waals surface area contributed by atoms with Gasteiger partial charge >= 0.3 is 0 Å². The fourth-order valence-electron chi connectivity index (χ4n) is 3.44. The lowest BCUT2D eigenvalue weighted by atomic mass is 9.78. The number of carbonyl (C=O) groups is 2. The third-order valence-corrected chi connectivity index (χ3v) is 4.86. The molecule has 0 fully saturated rings. The number of hydrogen-bond acceptors (Lipinski definition) is 2. The molecular formula is C22H26O2. The third-order valence-electron chi connectivity index (χ3n) is 4.86. The lowest BCUT2D eigenvalue weighted by Gasteiger charge is -2.26. The van der Waals surface area contributed by atoms with E-state index in [0.29, 0.717) is 11.8 Å². The van der Waals surface area contributed by atoms with Crippen LogP contribution >= 0.6 is 0 Å². The quantitative estimate of drug-likeness (QED) is 0.606. The fourth-order valence-corrected chi connectivity index (χ4v) is 3.44. The SMILES string of the molecule is CC[C@H](c1ccc(C(C)=O)cc1)[C@@H](CC)c1ccc(C(C)=O)cc1. The monoisotopic (exact) mass is 322 g/mol. The van der Waals surface area contributed by atoms with Crippen LogP contribution in [0.2, 0.25) is 0 Å². The van der Waals surface area contributed by atoms with E-state index < -0.39 is 0 Å². The van der Waals surface area contributed by atoms with Gasteiger partial charge in [0.1, 0.15) is 0 Å². The van der Waals surface area contributed by atoms with Crippen molar-refractivity contribution in [3.8, 4) is 0 Å². The highest BCUT2D eigenvalue weighted by Crippen LogP contribution is 2.38. The van der Waals surface area contributed by atoms with E-state index in [9.17, 15) is 9.59 Å². The van der Waals surface area contributed by atoms with Gasteiger partial charge in [0, 0.05) is 11.1 Å². The zero-order valence-corrected chi connectivity index (χ0v) is 15.0. The molecule has 2 atom stereocenters.